The largest absolute Gasteiger partial charge is 0.398 e. The van der Waals surface area contributed by atoms with E-state index in [9.17, 15) is 0 Å². The molecule has 0 bridgehead atoms. The van der Waals surface area contributed by atoms with Gasteiger partial charge in [-0.05, 0) is 24.8 Å². The number of nitrogens with two attached hydrogens (primary N) is 1. The van der Waals surface area contributed by atoms with Gasteiger partial charge in [0.15, 0.2) is 0 Å². The van der Waals surface area contributed by atoms with Crippen LogP contribution in [0.5, 0.6) is 0 Å². The summed E-state index contributed by atoms with van der Waals surface area (Å²) in [6.45, 7) is 2.97. The molecular weight excluding hydrogens is 198 g/mol. The predicted molar refractivity (Wildman–Crippen MR) is 67.1 cm³/mol. The van der Waals surface area contributed by atoms with Gasteiger partial charge in [0.2, 0.25) is 0 Å². The van der Waals surface area contributed by atoms with Crippen molar-refractivity contribution in [2.24, 2.45) is 5.92 Å². The molecule has 2 rings (SSSR count). The fraction of sp³-hybridized carbons (Fsp3) is 0.571. The molecule has 0 aromatic heterocycles. The second-order valence-corrected chi connectivity index (χ2v) is 4.90. The van der Waals surface area contributed by atoms with E-state index in [1.54, 1.807) is 0 Å². The van der Waals surface area contributed by atoms with Gasteiger partial charge >= 0.3 is 0 Å². The zero-order valence-electron chi connectivity index (χ0n) is 9.99. The molecule has 0 aliphatic heterocycles. The molecule has 1 fully saturated rings. The highest BCUT2D eigenvalue weighted by Gasteiger charge is 2.19. The number of anilines is 1. The number of benzene rings is 1. The van der Waals surface area contributed by atoms with E-state index in [2.05, 4.69) is 6.92 Å². The maximum Gasteiger partial charge on any atom is 0.0740 e. The Labute approximate surface area is 97.8 Å². The van der Waals surface area contributed by atoms with Gasteiger partial charge in [0.25, 0.3) is 0 Å². The number of para-hydroxylation sites is 1. The first kappa shape index (κ1) is 11.5. The molecule has 88 valence electrons. The lowest BCUT2D eigenvalue weighted by molar-refractivity contribution is 0.00492. The van der Waals surface area contributed by atoms with E-state index in [1.807, 2.05) is 24.3 Å². The number of nitrogen functional groups attached to an aromatic ring is 1. The standard InChI is InChI=1S/C14H21NO/c1-11-5-4-7-13(9-11)16-10-12-6-2-3-8-14(12)15/h2-3,6,8,11,13H,4-5,7,9-10,15H2,1H3. The molecule has 0 saturated heterocycles. The summed E-state index contributed by atoms with van der Waals surface area (Å²) in [5.74, 6) is 0.812. The molecule has 1 aromatic rings. The van der Waals surface area contributed by atoms with Crippen LogP contribution in [0.2, 0.25) is 0 Å². The summed E-state index contributed by atoms with van der Waals surface area (Å²) < 4.78 is 5.94. The minimum absolute atomic E-state index is 0.434. The van der Waals surface area contributed by atoms with Crippen molar-refractivity contribution in [1.29, 1.82) is 0 Å². The Morgan fingerprint density at radius 3 is 2.88 bits per heavy atom. The predicted octanol–water partition coefficient (Wildman–Crippen LogP) is 3.36. The van der Waals surface area contributed by atoms with Gasteiger partial charge in [-0.15, -0.1) is 0 Å². The Hall–Kier alpha value is -1.02. The van der Waals surface area contributed by atoms with Crippen LogP contribution in [0.4, 0.5) is 5.69 Å². The quantitative estimate of drug-likeness (QED) is 0.791. The first-order valence-corrected chi connectivity index (χ1v) is 6.20. The summed E-state index contributed by atoms with van der Waals surface area (Å²) in [7, 11) is 0. The van der Waals surface area contributed by atoms with Crippen molar-refractivity contribution in [3.05, 3.63) is 29.8 Å². The average molecular weight is 219 g/mol. The van der Waals surface area contributed by atoms with Gasteiger partial charge in [-0.1, -0.05) is 38.0 Å². The smallest absolute Gasteiger partial charge is 0.0740 e. The Balaban J connectivity index is 1.85. The second kappa shape index (κ2) is 5.35. The van der Waals surface area contributed by atoms with Crippen LogP contribution >= 0.6 is 0 Å². The zero-order chi connectivity index (χ0) is 11.4. The molecule has 0 amide bonds. The first-order valence-electron chi connectivity index (χ1n) is 6.20. The summed E-state index contributed by atoms with van der Waals surface area (Å²) >= 11 is 0. The van der Waals surface area contributed by atoms with Crippen molar-refractivity contribution < 1.29 is 4.74 Å². The van der Waals surface area contributed by atoms with Crippen molar-refractivity contribution in [3.63, 3.8) is 0 Å². The van der Waals surface area contributed by atoms with Gasteiger partial charge in [0.1, 0.15) is 0 Å². The van der Waals surface area contributed by atoms with Crippen molar-refractivity contribution in [3.8, 4) is 0 Å². The zero-order valence-corrected chi connectivity index (χ0v) is 9.99. The lowest BCUT2D eigenvalue weighted by Gasteiger charge is -2.27. The van der Waals surface area contributed by atoms with Gasteiger partial charge in [-0.2, -0.15) is 0 Å². The molecule has 16 heavy (non-hydrogen) atoms. The first-order chi connectivity index (χ1) is 7.75. The second-order valence-electron chi connectivity index (χ2n) is 4.90. The van der Waals surface area contributed by atoms with Crippen molar-refractivity contribution in [2.45, 2.75) is 45.3 Å². The average Bonchev–Trinajstić information content (AvgIpc) is 2.28. The third kappa shape index (κ3) is 2.99. The molecule has 1 aromatic carbocycles. The molecular formula is C14H21NO. The molecule has 0 heterocycles. The van der Waals surface area contributed by atoms with E-state index in [0.29, 0.717) is 12.7 Å². The van der Waals surface area contributed by atoms with Gasteiger partial charge < -0.3 is 10.5 Å². The number of hydrogen-bond donors (Lipinski definition) is 1. The Bertz CT molecular complexity index is 337. The van der Waals surface area contributed by atoms with Crippen LogP contribution in [-0.4, -0.2) is 6.10 Å². The van der Waals surface area contributed by atoms with Gasteiger partial charge in [-0.25, -0.2) is 0 Å². The third-order valence-electron chi connectivity index (χ3n) is 3.42. The normalized spacial score (nSPS) is 25.6. The summed E-state index contributed by atoms with van der Waals surface area (Å²) in [5, 5.41) is 0. The molecule has 2 atom stereocenters. The van der Waals surface area contributed by atoms with Crippen LogP contribution in [0, 0.1) is 5.92 Å². The molecule has 1 saturated carbocycles. The van der Waals surface area contributed by atoms with Gasteiger partial charge in [-0.3, -0.25) is 0 Å². The summed E-state index contributed by atoms with van der Waals surface area (Å²) in [6, 6.07) is 7.95. The van der Waals surface area contributed by atoms with Crippen LogP contribution < -0.4 is 5.73 Å². The molecule has 1 aliphatic carbocycles. The molecule has 1 aliphatic rings. The van der Waals surface area contributed by atoms with E-state index in [1.165, 1.54) is 25.7 Å². The summed E-state index contributed by atoms with van der Waals surface area (Å²) in [5.41, 5.74) is 7.83. The SMILES string of the molecule is CC1CCCC(OCc2ccccc2N)C1. The molecule has 2 N–H and O–H groups in total. The highest BCUT2D eigenvalue weighted by Crippen LogP contribution is 2.26. The van der Waals surface area contributed by atoms with Crippen LogP contribution in [0.3, 0.4) is 0 Å². The molecule has 2 unspecified atom stereocenters. The van der Waals surface area contributed by atoms with E-state index >= 15 is 0 Å². The Morgan fingerprint density at radius 1 is 1.31 bits per heavy atom. The van der Waals surface area contributed by atoms with E-state index in [0.717, 1.165) is 17.2 Å². The maximum atomic E-state index is 5.94. The van der Waals surface area contributed by atoms with Crippen LogP contribution in [0.15, 0.2) is 24.3 Å². The van der Waals surface area contributed by atoms with Crippen molar-refractivity contribution in [2.75, 3.05) is 5.73 Å². The lowest BCUT2D eigenvalue weighted by Crippen LogP contribution is -2.21. The molecule has 2 heteroatoms. The number of ether oxygens (including phenoxy) is 1. The summed E-state index contributed by atoms with van der Waals surface area (Å²) in [4.78, 5) is 0. The molecule has 2 nitrogen and oxygen atoms in total. The molecule has 0 radical (unpaired) electrons. The number of rotatable bonds is 3. The van der Waals surface area contributed by atoms with Crippen LogP contribution in [0.25, 0.3) is 0 Å². The van der Waals surface area contributed by atoms with Gasteiger partial charge in [0, 0.05) is 11.3 Å². The van der Waals surface area contributed by atoms with E-state index in [-0.39, 0.29) is 0 Å². The minimum atomic E-state index is 0.434. The maximum absolute atomic E-state index is 5.94. The minimum Gasteiger partial charge on any atom is -0.398 e. The number of hydrogen-bond acceptors (Lipinski definition) is 2. The summed E-state index contributed by atoms with van der Waals surface area (Å²) in [6.07, 6.45) is 5.50. The van der Waals surface area contributed by atoms with Crippen molar-refractivity contribution >= 4 is 5.69 Å². The van der Waals surface area contributed by atoms with Crippen LogP contribution in [-0.2, 0) is 11.3 Å². The van der Waals surface area contributed by atoms with Crippen molar-refractivity contribution in [1.82, 2.24) is 0 Å². The Kier molecular flexibility index (Phi) is 3.83. The highest BCUT2D eigenvalue weighted by molar-refractivity contribution is 5.45. The van der Waals surface area contributed by atoms with Gasteiger partial charge in [0.05, 0.1) is 12.7 Å². The third-order valence-corrected chi connectivity index (χ3v) is 3.42. The monoisotopic (exact) mass is 219 g/mol. The fourth-order valence-electron chi connectivity index (χ4n) is 2.40. The van der Waals surface area contributed by atoms with E-state index in [4.69, 9.17) is 10.5 Å². The van der Waals surface area contributed by atoms with Crippen LogP contribution in [0.1, 0.15) is 38.2 Å². The van der Waals surface area contributed by atoms with E-state index < -0.39 is 0 Å². The topological polar surface area (TPSA) is 35.2 Å². The molecule has 0 spiro atoms. The highest BCUT2D eigenvalue weighted by atomic mass is 16.5. The lowest BCUT2D eigenvalue weighted by atomic mass is 9.89. The Morgan fingerprint density at radius 2 is 2.12 bits per heavy atom. The fourth-order valence-corrected chi connectivity index (χ4v) is 2.40.